The van der Waals surface area contributed by atoms with E-state index in [1.807, 2.05) is 30.3 Å². The smallest absolute Gasteiger partial charge is 0.167 e. The first-order chi connectivity index (χ1) is 10.2. The quantitative estimate of drug-likeness (QED) is 0.534. The van der Waals surface area contributed by atoms with Crippen LogP contribution in [0.2, 0.25) is 5.02 Å². The average Bonchev–Trinajstić information content (AvgIpc) is 2.50. The van der Waals surface area contributed by atoms with Gasteiger partial charge in [-0.15, -0.1) is 0 Å². The number of ether oxygens (including phenoxy) is 1. The molecule has 2 rings (SSSR count). The van der Waals surface area contributed by atoms with Gasteiger partial charge in [-0.2, -0.15) is 0 Å². The van der Waals surface area contributed by atoms with E-state index in [0.717, 1.165) is 24.2 Å². The second kappa shape index (κ2) is 7.84. The van der Waals surface area contributed by atoms with Gasteiger partial charge >= 0.3 is 0 Å². The number of rotatable bonds is 7. The van der Waals surface area contributed by atoms with Crippen molar-refractivity contribution in [3.8, 4) is 5.75 Å². The van der Waals surface area contributed by atoms with Crippen LogP contribution in [0.15, 0.2) is 48.5 Å². The fourth-order valence-corrected chi connectivity index (χ4v) is 2.19. The zero-order chi connectivity index (χ0) is 15.1. The fourth-order valence-electron chi connectivity index (χ4n) is 1.99. The number of carbonyl (C=O) groups excluding carboxylic acids is 1. The van der Waals surface area contributed by atoms with Gasteiger partial charge in [-0.25, -0.2) is 0 Å². The standard InChI is InChI=1S/C18H19ClO2/c1-2-3-12-21-16-10-8-14(9-11-16)18(20)13-15-6-4-5-7-17(15)19/h4-11H,2-3,12-13H2,1H3. The number of carbonyl (C=O) groups is 1. The van der Waals surface area contributed by atoms with E-state index in [1.165, 1.54) is 0 Å². The second-order valence-corrected chi connectivity index (χ2v) is 5.32. The maximum atomic E-state index is 12.2. The maximum Gasteiger partial charge on any atom is 0.167 e. The van der Waals surface area contributed by atoms with E-state index < -0.39 is 0 Å². The molecule has 3 heteroatoms. The molecule has 0 aliphatic rings. The molecule has 110 valence electrons. The minimum Gasteiger partial charge on any atom is -0.494 e. The third-order valence-electron chi connectivity index (χ3n) is 3.25. The molecule has 0 aromatic heterocycles. The van der Waals surface area contributed by atoms with E-state index in [4.69, 9.17) is 16.3 Å². The van der Waals surface area contributed by atoms with Crippen LogP contribution in [0.3, 0.4) is 0 Å². The molecule has 2 nitrogen and oxygen atoms in total. The van der Waals surface area contributed by atoms with Gasteiger partial charge in [0.2, 0.25) is 0 Å². The Morgan fingerprint density at radius 2 is 1.81 bits per heavy atom. The Hall–Kier alpha value is -1.80. The lowest BCUT2D eigenvalue weighted by Gasteiger charge is -2.07. The van der Waals surface area contributed by atoms with Gasteiger partial charge in [0.1, 0.15) is 5.75 Å². The molecule has 0 amide bonds. The Morgan fingerprint density at radius 3 is 2.48 bits per heavy atom. The summed E-state index contributed by atoms with van der Waals surface area (Å²) < 4.78 is 5.59. The van der Waals surface area contributed by atoms with Crippen molar-refractivity contribution in [2.24, 2.45) is 0 Å². The first kappa shape index (κ1) is 15.6. The van der Waals surface area contributed by atoms with Crippen LogP contribution in [-0.4, -0.2) is 12.4 Å². The summed E-state index contributed by atoms with van der Waals surface area (Å²) in [4.78, 5) is 12.2. The molecule has 0 N–H and O–H groups in total. The van der Waals surface area contributed by atoms with Crippen molar-refractivity contribution in [3.05, 3.63) is 64.7 Å². The zero-order valence-corrected chi connectivity index (χ0v) is 12.9. The van der Waals surface area contributed by atoms with Crippen LogP contribution in [0.4, 0.5) is 0 Å². The number of unbranched alkanes of at least 4 members (excludes halogenated alkanes) is 1. The molecule has 0 aliphatic heterocycles. The zero-order valence-electron chi connectivity index (χ0n) is 12.1. The molecular weight excluding hydrogens is 284 g/mol. The first-order valence-electron chi connectivity index (χ1n) is 7.20. The van der Waals surface area contributed by atoms with E-state index in [9.17, 15) is 4.79 Å². The number of hydrogen-bond donors (Lipinski definition) is 0. The van der Waals surface area contributed by atoms with Gasteiger partial charge in [0.25, 0.3) is 0 Å². The highest BCUT2D eigenvalue weighted by Crippen LogP contribution is 2.19. The van der Waals surface area contributed by atoms with E-state index in [-0.39, 0.29) is 5.78 Å². The predicted molar refractivity (Wildman–Crippen MR) is 86.3 cm³/mol. The highest BCUT2D eigenvalue weighted by molar-refractivity contribution is 6.31. The van der Waals surface area contributed by atoms with Crippen LogP contribution in [0, 0.1) is 0 Å². The molecule has 0 heterocycles. The van der Waals surface area contributed by atoms with Crippen LogP contribution < -0.4 is 4.74 Å². The van der Waals surface area contributed by atoms with Crippen LogP contribution in [0.1, 0.15) is 35.7 Å². The molecule has 0 bridgehead atoms. The normalized spacial score (nSPS) is 10.4. The molecule has 0 aliphatic carbocycles. The number of Topliss-reactive ketones (excluding diaryl/α,β-unsaturated/α-hetero) is 1. The Morgan fingerprint density at radius 1 is 1.10 bits per heavy atom. The molecule has 2 aromatic carbocycles. The molecule has 0 atom stereocenters. The predicted octanol–water partition coefficient (Wildman–Crippen LogP) is 4.94. The molecule has 0 spiro atoms. The lowest BCUT2D eigenvalue weighted by molar-refractivity contribution is 0.0993. The lowest BCUT2D eigenvalue weighted by atomic mass is 10.0. The Bertz CT molecular complexity index is 590. The summed E-state index contributed by atoms with van der Waals surface area (Å²) in [5.41, 5.74) is 1.53. The van der Waals surface area contributed by atoms with Crippen LogP contribution >= 0.6 is 11.6 Å². The average molecular weight is 303 g/mol. The number of halogens is 1. The van der Waals surface area contributed by atoms with Gasteiger partial charge in [-0.05, 0) is 42.3 Å². The van der Waals surface area contributed by atoms with Gasteiger partial charge in [-0.1, -0.05) is 43.1 Å². The third-order valence-corrected chi connectivity index (χ3v) is 3.62. The highest BCUT2D eigenvalue weighted by atomic mass is 35.5. The monoisotopic (exact) mass is 302 g/mol. The lowest BCUT2D eigenvalue weighted by Crippen LogP contribution is -2.04. The summed E-state index contributed by atoms with van der Waals surface area (Å²) in [5, 5.41) is 0.630. The van der Waals surface area contributed by atoms with Gasteiger partial charge in [0.05, 0.1) is 6.61 Å². The van der Waals surface area contributed by atoms with Gasteiger partial charge in [0.15, 0.2) is 5.78 Å². The topological polar surface area (TPSA) is 26.3 Å². The molecule has 0 unspecified atom stereocenters. The Labute approximate surface area is 130 Å². The fraction of sp³-hybridized carbons (Fsp3) is 0.278. The van der Waals surface area contributed by atoms with E-state index >= 15 is 0 Å². The molecule has 2 aromatic rings. The molecule has 0 saturated heterocycles. The van der Waals surface area contributed by atoms with Crippen molar-refractivity contribution < 1.29 is 9.53 Å². The molecule has 0 radical (unpaired) electrons. The Kier molecular flexibility index (Phi) is 5.82. The van der Waals surface area contributed by atoms with Crippen LogP contribution in [-0.2, 0) is 6.42 Å². The van der Waals surface area contributed by atoms with Gasteiger partial charge in [0, 0.05) is 17.0 Å². The van der Waals surface area contributed by atoms with E-state index in [2.05, 4.69) is 6.92 Å². The molecule has 0 fully saturated rings. The SMILES string of the molecule is CCCCOc1ccc(C(=O)Cc2ccccc2Cl)cc1. The molecular formula is C18H19ClO2. The third kappa shape index (κ3) is 4.61. The number of benzene rings is 2. The van der Waals surface area contributed by atoms with Crippen molar-refractivity contribution >= 4 is 17.4 Å². The van der Waals surface area contributed by atoms with Crippen LogP contribution in [0.25, 0.3) is 0 Å². The van der Waals surface area contributed by atoms with Gasteiger partial charge in [-0.3, -0.25) is 4.79 Å². The largest absolute Gasteiger partial charge is 0.494 e. The second-order valence-electron chi connectivity index (χ2n) is 4.92. The van der Waals surface area contributed by atoms with Crippen molar-refractivity contribution in [2.75, 3.05) is 6.61 Å². The van der Waals surface area contributed by atoms with Crippen molar-refractivity contribution in [3.63, 3.8) is 0 Å². The maximum absolute atomic E-state index is 12.2. The summed E-state index contributed by atoms with van der Waals surface area (Å²) in [7, 11) is 0. The minimum atomic E-state index is 0.0585. The molecule has 0 saturated carbocycles. The first-order valence-corrected chi connectivity index (χ1v) is 7.58. The van der Waals surface area contributed by atoms with Crippen molar-refractivity contribution in [1.82, 2.24) is 0 Å². The van der Waals surface area contributed by atoms with Crippen LogP contribution in [0.5, 0.6) is 5.75 Å². The van der Waals surface area contributed by atoms with E-state index in [0.29, 0.717) is 23.6 Å². The van der Waals surface area contributed by atoms with Crippen molar-refractivity contribution in [1.29, 1.82) is 0 Å². The summed E-state index contributed by atoms with van der Waals surface area (Å²) in [6.07, 6.45) is 2.46. The number of ketones is 1. The summed E-state index contributed by atoms with van der Waals surface area (Å²) in [6, 6.07) is 14.7. The minimum absolute atomic E-state index is 0.0585. The summed E-state index contributed by atoms with van der Waals surface area (Å²) >= 11 is 6.08. The highest BCUT2D eigenvalue weighted by Gasteiger charge is 2.09. The molecule has 21 heavy (non-hydrogen) atoms. The number of hydrogen-bond acceptors (Lipinski definition) is 2. The summed E-state index contributed by atoms with van der Waals surface area (Å²) in [6.45, 7) is 2.84. The Balaban J connectivity index is 1.98. The summed E-state index contributed by atoms with van der Waals surface area (Å²) in [5.74, 6) is 0.862. The van der Waals surface area contributed by atoms with E-state index in [1.54, 1.807) is 18.2 Å². The van der Waals surface area contributed by atoms with Crippen molar-refractivity contribution in [2.45, 2.75) is 26.2 Å². The van der Waals surface area contributed by atoms with Gasteiger partial charge < -0.3 is 4.74 Å².